The normalized spacial score (nSPS) is 11.5. The molecule has 3 aromatic rings. The van der Waals surface area contributed by atoms with E-state index >= 15 is 0 Å². The Morgan fingerprint density at radius 2 is 1.85 bits per heavy atom. The predicted octanol–water partition coefficient (Wildman–Crippen LogP) is 3.64. The molecule has 0 atom stereocenters. The largest absolute Gasteiger partial charge is 0.573 e. The highest BCUT2D eigenvalue weighted by molar-refractivity contribution is 5.77. The predicted molar refractivity (Wildman–Crippen MR) is 89.3 cm³/mol. The second-order valence-corrected chi connectivity index (χ2v) is 5.61. The molecule has 0 aliphatic carbocycles. The van der Waals surface area contributed by atoms with Crippen molar-refractivity contribution in [1.29, 1.82) is 0 Å². The summed E-state index contributed by atoms with van der Waals surface area (Å²) < 4.78 is 43.0. The van der Waals surface area contributed by atoms with Crippen LogP contribution in [0.2, 0.25) is 0 Å². The maximum absolute atomic E-state index is 12.4. The molecule has 0 bridgehead atoms. The number of halogens is 3. The van der Waals surface area contributed by atoms with Crippen molar-refractivity contribution < 1.29 is 22.7 Å². The fourth-order valence-electron chi connectivity index (χ4n) is 2.57. The molecule has 0 fully saturated rings. The molecule has 0 spiro atoms. The molecule has 136 valence electrons. The van der Waals surface area contributed by atoms with Crippen molar-refractivity contribution in [2.75, 3.05) is 0 Å². The van der Waals surface area contributed by atoms with Crippen molar-refractivity contribution in [3.05, 3.63) is 60.4 Å². The lowest BCUT2D eigenvalue weighted by atomic mass is 10.2. The van der Waals surface area contributed by atoms with Crippen LogP contribution in [-0.4, -0.2) is 21.8 Å². The Morgan fingerprint density at radius 1 is 1.12 bits per heavy atom. The van der Waals surface area contributed by atoms with E-state index in [1.807, 2.05) is 28.8 Å². The Morgan fingerprint density at radius 3 is 2.65 bits per heavy atom. The Labute approximate surface area is 147 Å². The van der Waals surface area contributed by atoms with Gasteiger partial charge in [-0.2, -0.15) is 0 Å². The molecule has 26 heavy (non-hydrogen) atoms. The van der Waals surface area contributed by atoms with Gasteiger partial charge in [0, 0.05) is 25.1 Å². The third-order valence-electron chi connectivity index (χ3n) is 3.78. The van der Waals surface area contributed by atoms with Gasteiger partial charge in [-0.25, -0.2) is 4.98 Å². The zero-order chi connectivity index (χ0) is 18.6. The van der Waals surface area contributed by atoms with E-state index in [1.54, 1.807) is 12.4 Å². The number of carbonyl (C=O) groups excluding carboxylic acids is 1. The van der Waals surface area contributed by atoms with Crippen LogP contribution in [0.4, 0.5) is 13.2 Å². The highest BCUT2D eigenvalue weighted by atomic mass is 19.4. The van der Waals surface area contributed by atoms with E-state index in [9.17, 15) is 18.0 Å². The molecule has 1 heterocycles. The van der Waals surface area contributed by atoms with Crippen LogP contribution in [0.5, 0.6) is 5.75 Å². The number of nitrogens with zero attached hydrogens (tertiary/aromatic N) is 2. The summed E-state index contributed by atoms with van der Waals surface area (Å²) in [6, 6.07) is 13.3. The summed E-state index contributed by atoms with van der Waals surface area (Å²) in [6.07, 6.45) is -2.93. The first-order chi connectivity index (χ1) is 12.4. The highest BCUT2D eigenvalue weighted by Crippen LogP contribution is 2.26. The summed E-state index contributed by atoms with van der Waals surface area (Å²) in [5.41, 5.74) is 2.02. The number of ether oxygens (including phenoxy) is 1. The number of benzene rings is 2. The van der Waals surface area contributed by atoms with Gasteiger partial charge in [-0.15, -0.1) is 13.2 Å². The number of aryl methyl sites for hydroxylation is 1. The quantitative estimate of drug-likeness (QED) is 0.727. The average Bonchev–Trinajstić information content (AvgIpc) is 3.01. The van der Waals surface area contributed by atoms with E-state index in [-0.39, 0.29) is 30.2 Å². The molecule has 0 aliphatic heterocycles. The first kappa shape index (κ1) is 17.8. The Hall–Kier alpha value is -3.03. The van der Waals surface area contributed by atoms with Gasteiger partial charge in [0.25, 0.3) is 0 Å². The van der Waals surface area contributed by atoms with Crippen LogP contribution in [-0.2, 0) is 17.9 Å². The molecule has 0 unspecified atom stereocenters. The van der Waals surface area contributed by atoms with E-state index in [4.69, 9.17) is 0 Å². The molecule has 8 heteroatoms. The van der Waals surface area contributed by atoms with Crippen molar-refractivity contribution in [2.45, 2.75) is 25.9 Å². The molecule has 0 saturated heterocycles. The number of rotatable bonds is 6. The van der Waals surface area contributed by atoms with Crippen LogP contribution < -0.4 is 10.1 Å². The van der Waals surface area contributed by atoms with Crippen LogP contribution in [0.25, 0.3) is 11.0 Å². The number of hydrogen-bond acceptors (Lipinski definition) is 3. The molecule has 0 radical (unpaired) electrons. The number of amides is 1. The van der Waals surface area contributed by atoms with Gasteiger partial charge in [-0.3, -0.25) is 4.79 Å². The molecule has 0 aliphatic rings. The second-order valence-electron chi connectivity index (χ2n) is 5.61. The smallest absolute Gasteiger partial charge is 0.405 e. The zero-order valence-corrected chi connectivity index (χ0v) is 13.7. The highest BCUT2D eigenvalue weighted by Gasteiger charge is 2.31. The summed E-state index contributed by atoms with van der Waals surface area (Å²) in [5, 5.41) is 2.62. The summed E-state index contributed by atoms with van der Waals surface area (Å²) in [7, 11) is 0. The summed E-state index contributed by atoms with van der Waals surface area (Å²) in [6.45, 7) is 0.378. The molecular weight excluding hydrogens is 347 g/mol. The third-order valence-corrected chi connectivity index (χ3v) is 3.78. The number of alkyl halides is 3. The summed E-state index contributed by atoms with van der Waals surface area (Å²) in [4.78, 5) is 16.3. The molecule has 5 nitrogen and oxygen atoms in total. The summed E-state index contributed by atoms with van der Waals surface area (Å²) in [5.74, 6) is -0.592. The van der Waals surface area contributed by atoms with Gasteiger partial charge in [0.05, 0.1) is 17.4 Å². The molecule has 2 aromatic carbocycles. The number of imidazole rings is 1. The minimum atomic E-state index is -4.78. The molecule has 0 saturated carbocycles. The molecule has 1 amide bonds. The van der Waals surface area contributed by atoms with Crippen molar-refractivity contribution in [1.82, 2.24) is 14.9 Å². The number of hydrogen-bond donors (Lipinski definition) is 1. The van der Waals surface area contributed by atoms with E-state index in [0.29, 0.717) is 6.54 Å². The van der Waals surface area contributed by atoms with Crippen LogP contribution in [0, 0.1) is 0 Å². The van der Waals surface area contributed by atoms with Crippen LogP contribution in [0.15, 0.2) is 54.9 Å². The first-order valence-electron chi connectivity index (χ1n) is 7.92. The van der Waals surface area contributed by atoms with E-state index in [0.717, 1.165) is 11.0 Å². The first-order valence-corrected chi connectivity index (χ1v) is 7.92. The van der Waals surface area contributed by atoms with Gasteiger partial charge in [-0.1, -0.05) is 30.3 Å². The zero-order valence-electron chi connectivity index (χ0n) is 13.7. The Bertz CT molecular complexity index is 906. The van der Waals surface area contributed by atoms with Crippen molar-refractivity contribution >= 4 is 16.9 Å². The van der Waals surface area contributed by atoms with Gasteiger partial charge in [0.15, 0.2) is 0 Å². The Kier molecular flexibility index (Phi) is 5.11. The lowest BCUT2D eigenvalue weighted by Crippen LogP contribution is -2.25. The van der Waals surface area contributed by atoms with Crippen molar-refractivity contribution in [3.8, 4) is 5.75 Å². The number of para-hydroxylation sites is 3. The van der Waals surface area contributed by atoms with Crippen LogP contribution >= 0.6 is 0 Å². The average molecular weight is 363 g/mol. The van der Waals surface area contributed by atoms with E-state index in [1.165, 1.54) is 18.2 Å². The van der Waals surface area contributed by atoms with Crippen LogP contribution in [0.3, 0.4) is 0 Å². The van der Waals surface area contributed by atoms with Gasteiger partial charge in [0.1, 0.15) is 5.75 Å². The minimum absolute atomic E-state index is 0.0459. The van der Waals surface area contributed by atoms with E-state index < -0.39 is 6.36 Å². The monoisotopic (exact) mass is 363 g/mol. The lowest BCUT2D eigenvalue weighted by Gasteiger charge is -2.13. The van der Waals surface area contributed by atoms with Gasteiger partial charge >= 0.3 is 6.36 Å². The SMILES string of the molecule is O=C(CCn1cnc2ccccc21)NCc1ccccc1OC(F)(F)F. The number of aromatic nitrogens is 2. The lowest BCUT2D eigenvalue weighted by molar-refractivity contribution is -0.274. The fraction of sp³-hybridized carbons (Fsp3) is 0.222. The molecule has 1 aromatic heterocycles. The van der Waals surface area contributed by atoms with E-state index in [2.05, 4.69) is 15.0 Å². The maximum Gasteiger partial charge on any atom is 0.573 e. The standard InChI is InChI=1S/C18H16F3N3O2/c19-18(20,21)26-16-8-4-1-5-13(16)11-22-17(25)9-10-24-12-23-14-6-2-3-7-15(14)24/h1-8,12H,9-11H2,(H,22,25). The number of nitrogens with one attached hydrogen (secondary N) is 1. The summed E-state index contributed by atoms with van der Waals surface area (Å²) >= 11 is 0. The van der Waals surface area contributed by atoms with Crippen molar-refractivity contribution in [2.24, 2.45) is 0 Å². The Balaban J connectivity index is 1.56. The van der Waals surface area contributed by atoms with Gasteiger partial charge in [-0.05, 0) is 18.2 Å². The third kappa shape index (κ3) is 4.53. The maximum atomic E-state index is 12.4. The molecule has 1 N–H and O–H groups in total. The number of carbonyl (C=O) groups is 1. The number of fused-ring (bicyclic) bond motifs is 1. The topological polar surface area (TPSA) is 56.2 Å². The second kappa shape index (κ2) is 7.47. The minimum Gasteiger partial charge on any atom is -0.405 e. The van der Waals surface area contributed by atoms with Crippen LogP contribution in [0.1, 0.15) is 12.0 Å². The van der Waals surface area contributed by atoms with Gasteiger partial charge in [0.2, 0.25) is 5.91 Å². The molecule has 3 rings (SSSR count). The van der Waals surface area contributed by atoms with Crippen molar-refractivity contribution in [3.63, 3.8) is 0 Å². The molecular formula is C18H16F3N3O2. The van der Waals surface area contributed by atoms with Gasteiger partial charge < -0.3 is 14.6 Å². The fourth-order valence-corrected chi connectivity index (χ4v) is 2.57.